The Balaban J connectivity index is 2.11. The van der Waals surface area contributed by atoms with Gasteiger partial charge >= 0.3 is 0 Å². The molecule has 0 saturated carbocycles. The van der Waals surface area contributed by atoms with Gasteiger partial charge in [0.25, 0.3) is 11.3 Å². The summed E-state index contributed by atoms with van der Waals surface area (Å²) in [5.41, 5.74) is 1.13. The van der Waals surface area contributed by atoms with Crippen molar-refractivity contribution in [2.45, 2.75) is 40.5 Å². The Hall–Kier alpha value is -3.10. The zero-order valence-electron chi connectivity index (χ0n) is 14.6. The van der Waals surface area contributed by atoms with Crippen molar-refractivity contribution in [3.05, 3.63) is 45.8 Å². The molecule has 128 valence electrons. The minimum Gasteiger partial charge on any atom is -0.267 e. The molecule has 0 radical (unpaired) electrons. The van der Waals surface area contributed by atoms with Crippen molar-refractivity contribution < 1.29 is 0 Å². The number of hydrogen-bond acceptors (Lipinski definition) is 6. The monoisotopic (exact) mass is 338 g/mol. The Bertz CT molecular complexity index is 1150. The molecule has 0 spiro atoms. The summed E-state index contributed by atoms with van der Waals surface area (Å²) in [6, 6.07) is 1.85. The number of aromatic nitrogens is 8. The Kier molecular flexibility index (Phi) is 3.38. The van der Waals surface area contributed by atoms with E-state index in [1.807, 2.05) is 26.8 Å². The number of pyridine rings is 1. The minimum absolute atomic E-state index is 0.179. The lowest BCUT2D eigenvalue weighted by molar-refractivity contribution is 0.571. The van der Waals surface area contributed by atoms with Crippen molar-refractivity contribution >= 4 is 16.7 Å². The first kappa shape index (κ1) is 15.4. The second kappa shape index (κ2) is 5.47. The molecule has 4 aromatic rings. The van der Waals surface area contributed by atoms with E-state index in [0.29, 0.717) is 41.0 Å². The van der Waals surface area contributed by atoms with Crippen LogP contribution < -0.4 is 5.56 Å². The standard InChI is InChI=1S/C16H18N8O/c1-5-12-19-20-13(6-2)24(12)22-8-7-11-14(15(22)25)9(3)17-16-18-10(4)21-23(11)16/h7-8H,5-6H2,1-4H3. The Morgan fingerprint density at radius 1 is 1.04 bits per heavy atom. The van der Waals surface area contributed by atoms with Crippen LogP contribution >= 0.6 is 0 Å². The van der Waals surface area contributed by atoms with Crippen LogP contribution in [0, 0.1) is 13.8 Å². The molecule has 0 amide bonds. The van der Waals surface area contributed by atoms with Gasteiger partial charge in [-0.25, -0.2) is 14.3 Å². The molecule has 0 aliphatic rings. The SMILES string of the molecule is CCc1nnc(CC)n1-n1ccc2c(c(C)nc3nc(C)nn32)c1=O. The summed E-state index contributed by atoms with van der Waals surface area (Å²) in [6.07, 6.45) is 3.08. The molecule has 25 heavy (non-hydrogen) atoms. The Morgan fingerprint density at radius 2 is 1.72 bits per heavy atom. The van der Waals surface area contributed by atoms with Crippen LogP contribution in [0.1, 0.15) is 37.0 Å². The highest BCUT2D eigenvalue weighted by molar-refractivity contribution is 5.81. The van der Waals surface area contributed by atoms with E-state index < -0.39 is 0 Å². The zero-order valence-corrected chi connectivity index (χ0v) is 14.6. The molecule has 4 rings (SSSR count). The predicted octanol–water partition coefficient (Wildman–Crippen LogP) is 1.08. The summed E-state index contributed by atoms with van der Waals surface area (Å²) in [5, 5.41) is 13.2. The molecular weight excluding hydrogens is 320 g/mol. The van der Waals surface area contributed by atoms with E-state index in [-0.39, 0.29) is 5.56 Å². The summed E-state index contributed by atoms with van der Waals surface area (Å²) in [5.74, 6) is 2.58. The Labute approximate surface area is 142 Å². The maximum atomic E-state index is 13.2. The van der Waals surface area contributed by atoms with Gasteiger partial charge in [-0.3, -0.25) is 4.79 Å². The molecule has 0 saturated heterocycles. The van der Waals surface area contributed by atoms with Crippen molar-refractivity contribution in [1.29, 1.82) is 0 Å². The summed E-state index contributed by atoms with van der Waals surface area (Å²) in [6.45, 7) is 7.59. The lowest BCUT2D eigenvalue weighted by Gasteiger charge is -2.13. The molecule has 9 heteroatoms. The van der Waals surface area contributed by atoms with Gasteiger partial charge in [-0.15, -0.1) is 15.3 Å². The van der Waals surface area contributed by atoms with Gasteiger partial charge in [0.1, 0.15) is 5.82 Å². The fourth-order valence-corrected chi connectivity index (χ4v) is 3.07. The number of hydrogen-bond donors (Lipinski definition) is 0. The van der Waals surface area contributed by atoms with Crippen molar-refractivity contribution in [2.75, 3.05) is 0 Å². The van der Waals surface area contributed by atoms with Gasteiger partial charge in [0, 0.05) is 19.0 Å². The van der Waals surface area contributed by atoms with Crippen molar-refractivity contribution in [3.63, 3.8) is 0 Å². The summed E-state index contributed by atoms with van der Waals surface area (Å²) >= 11 is 0. The molecule has 0 unspecified atom stereocenters. The average molecular weight is 338 g/mol. The molecule has 4 heterocycles. The van der Waals surface area contributed by atoms with Gasteiger partial charge in [-0.05, 0) is 19.9 Å². The number of nitrogens with zero attached hydrogens (tertiary/aromatic N) is 8. The van der Waals surface area contributed by atoms with Crippen LogP contribution in [-0.2, 0) is 12.8 Å². The topological polar surface area (TPSA) is 95.8 Å². The first-order chi connectivity index (χ1) is 12.0. The second-order valence-electron chi connectivity index (χ2n) is 5.85. The van der Waals surface area contributed by atoms with Gasteiger partial charge in [-0.1, -0.05) is 13.8 Å². The van der Waals surface area contributed by atoms with E-state index in [1.165, 1.54) is 0 Å². The molecule has 0 aliphatic heterocycles. The third-order valence-electron chi connectivity index (χ3n) is 4.22. The van der Waals surface area contributed by atoms with Crippen LogP contribution in [0.5, 0.6) is 0 Å². The molecule has 4 aromatic heterocycles. The van der Waals surface area contributed by atoms with Gasteiger partial charge in [0.05, 0.1) is 16.6 Å². The van der Waals surface area contributed by atoms with Crippen LogP contribution in [-0.4, -0.2) is 39.1 Å². The first-order valence-corrected chi connectivity index (χ1v) is 8.24. The van der Waals surface area contributed by atoms with E-state index in [0.717, 1.165) is 11.6 Å². The zero-order chi connectivity index (χ0) is 17.7. The highest BCUT2D eigenvalue weighted by atomic mass is 16.1. The molecule has 0 atom stereocenters. The highest BCUT2D eigenvalue weighted by Gasteiger charge is 2.17. The van der Waals surface area contributed by atoms with Crippen LogP contribution in [0.25, 0.3) is 16.7 Å². The normalized spacial score (nSPS) is 11.7. The van der Waals surface area contributed by atoms with Gasteiger partial charge in [-0.2, -0.15) is 9.50 Å². The van der Waals surface area contributed by atoms with Crippen LogP contribution in [0.15, 0.2) is 17.1 Å². The fourth-order valence-electron chi connectivity index (χ4n) is 3.07. The number of aryl methyl sites for hydroxylation is 4. The average Bonchev–Trinajstić information content (AvgIpc) is 3.17. The molecule has 0 fully saturated rings. The number of rotatable bonds is 3. The molecule has 0 aliphatic carbocycles. The van der Waals surface area contributed by atoms with E-state index in [9.17, 15) is 4.79 Å². The maximum Gasteiger partial charge on any atom is 0.281 e. The smallest absolute Gasteiger partial charge is 0.267 e. The second-order valence-corrected chi connectivity index (χ2v) is 5.85. The minimum atomic E-state index is -0.179. The van der Waals surface area contributed by atoms with Crippen molar-refractivity contribution in [3.8, 4) is 0 Å². The van der Waals surface area contributed by atoms with E-state index >= 15 is 0 Å². The highest BCUT2D eigenvalue weighted by Crippen LogP contribution is 2.15. The first-order valence-electron chi connectivity index (χ1n) is 8.24. The van der Waals surface area contributed by atoms with Gasteiger partial charge in [0.2, 0.25) is 0 Å². The predicted molar refractivity (Wildman–Crippen MR) is 91.6 cm³/mol. The lowest BCUT2D eigenvalue weighted by Crippen LogP contribution is -2.29. The molecule has 9 nitrogen and oxygen atoms in total. The quantitative estimate of drug-likeness (QED) is 0.555. The van der Waals surface area contributed by atoms with E-state index in [1.54, 1.807) is 27.0 Å². The van der Waals surface area contributed by atoms with Crippen molar-refractivity contribution in [2.24, 2.45) is 0 Å². The van der Waals surface area contributed by atoms with Crippen LogP contribution in [0.4, 0.5) is 0 Å². The van der Waals surface area contributed by atoms with Crippen LogP contribution in [0.2, 0.25) is 0 Å². The lowest BCUT2D eigenvalue weighted by atomic mass is 10.2. The molecule has 0 bridgehead atoms. The van der Waals surface area contributed by atoms with Crippen LogP contribution in [0.3, 0.4) is 0 Å². The summed E-state index contributed by atoms with van der Waals surface area (Å²) in [4.78, 5) is 21.9. The van der Waals surface area contributed by atoms with Crippen molar-refractivity contribution in [1.82, 2.24) is 39.1 Å². The third kappa shape index (κ3) is 2.15. The van der Waals surface area contributed by atoms with E-state index in [4.69, 9.17) is 0 Å². The summed E-state index contributed by atoms with van der Waals surface area (Å²) in [7, 11) is 0. The summed E-state index contributed by atoms with van der Waals surface area (Å²) < 4.78 is 4.93. The largest absolute Gasteiger partial charge is 0.281 e. The molecule has 0 N–H and O–H groups in total. The van der Waals surface area contributed by atoms with Gasteiger partial charge in [0.15, 0.2) is 11.6 Å². The molecular formula is C16H18N8O. The number of fused-ring (bicyclic) bond motifs is 3. The Morgan fingerprint density at radius 3 is 2.36 bits per heavy atom. The fraction of sp³-hybridized carbons (Fsp3) is 0.375. The maximum absolute atomic E-state index is 13.2. The van der Waals surface area contributed by atoms with E-state index in [2.05, 4.69) is 25.3 Å². The van der Waals surface area contributed by atoms with Gasteiger partial charge < -0.3 is 0 Å². The molecule has 0 aromatic carbocycles. The third-order valence-corrected chi connectivity index (χ3v) is 4.22.